The number of nitrogens with zero attached hydrogens (tertiary/aromatic N) is 3. The second kappa shape index (κ2) is 12.8. The first-order valence-corrected chi connectivity index (χ1v) is 20.5. The zero-order valence-electron chi connectivity index (χ0n) is 32.9. The van der Waals surface area contributed by atoms with Crippen molar-refractivity contribution in [1.82, 2.24) is 14.5 Å². The Morgan fingerprint density at radius 1 is 0.475 bits per heavy atom. The monoisotopic (exact) mass is 753 g/mol. The van der Waals surface area contributed by atoms with Crippen LogP contribution in [0.5, 0.6) is 0 Å². The summed E-state index contributed by atoms with van der Waals surface area (Å²) in [7, 11) is 0. The minimum Gasteiger partial charge on any atom is -0.313 e. The average molecular weight is 754 g/mol. The summed E-state index contributed by atoms with van der Waals surface area (Å²) in [5.74, 6) is 0.726. The van der Waals surface area contributed by atoms with Gasteiger partial charge in [-0.2, -0.15) is 0 Å². The Morgan fingerprint density at radius 2 is 0.983 bits per heavy atom. The van der Waals surface area contributed by atoms with Crippen LogP contribution in [0.25, 0.3) is 99.0 Å². The summed E-state index contributed by atoms with van der Waals surface area (Å²) in [6, 6.07) is 59.5. The van der Waals surface area contributed by atoms with Gasteiger partial charge in [-0.25, -0.2) is 9.97 Å². The van der Waals surface area contributed by atoms with Crippen LogP contribution in [0.4, 0.5) is 0 Å². The number of rotatable bonds is 4. The summed E-state index contributed by atoms with van der Waals surface area (Å²) in [5.41, 5.74) is 13.9. The Balaban J connectivity index is 1.01. The molecular formula is C56H39N3. The minimum absolute atomic E-state index is 0.191. The lowest BCUT2D eigenvalue weighted by Gasteiger charge is -2.23. The molecule has 2 aliphatic carbocycles. The molecule has 2 aromatic heterocycles. The van der Waals surface area contributed by atoms with Crippen molar-refractivity contribution in [2.45, 2.75) is 25.7 Å². The van der Waals surface area contributed by atoms with Crippen molar-refractivity contribution in [3.05, 3.63) is 205 Å². The third-order valence-electron chi connectivity index (χ3n) is 12.8. The molecule has 0 radical (unpaired) electrons. The van der Waals surface area contributed by atoms with Crippen LogP contribution in [0.2, 0.25) is 0 Å². The van der Waals surface area contributed by atoms with E-state index in [-0.39, 0.29) is 5.41 Å². The number of hydrogen-bond acceptors (Lipinski definition) is 2. The van der Waals surface area contributed by atoms with E-state index in [1.165, 1.54) is 82.1 Å². The molecule has 0 N–H and O–H groups in total. The summed E-state index contributed by atoms with van der Waals surface area (Å²) in [6.07, 6.45) is 9.62. The molecular weight excluding hydrogens is 715 g/mol. The molecule has 0 atom stereocenters. The van der Waals surface area contributed by atoms with Gasteiger partial charge in [-0.1, -0.05) is 159 Å². The lowest BCUT2D eigenvalue weighted by molar-refractivity contribution is 0.662. The highest BCUT2D eigenvalue weighted by Gasteiger charge is 2.37. The maximum absolute atomic E-state index is 5.15. The van der Waals surface area contributed by atoms with E-state index in [2.05, 4.69) is 194 Å². The zero-order valence-corrected chi connectivity index (χ0v) is 32.9. The summed E-state index contributed by atoms with van der Waals surface area (Å²) in [5, 5.41) is 10.4. The lowest BCUT2D eigenvalue weighted by Crippen LogP contribution is -2.15. The number of benzene rings is 8. The van der Waals surface area contributed by atoms with Gasteiger partial charge in [0.25, 0.3) is 0 Å². The standard InChI is InChI=1S/C56H39N3/c1-56(2)49-32-45-42-25-12-10-23-40(42)39-22-9-11-24-41(39)44(45)30-46(49)47-31-48-43-26-13-14-27-53(43)59(54(48)33-50(47)56)38-21-15-20-37(28-29-38)55-57-51(35-16-5-3-6-17-35)34-52(58-55)36-18-7-4-8-19-36/h3-28,30-34H,29H2,1-2H3. The van der Waals surface area contributed by atoms with Crippen LogP contribution in [0, 0.1) is 0 Å². The Labute approximate surface area is 342 Å². The van der Waals surface area contributed by atoms with E-state index < -0.39 is 0 Å². The molecule has 0 fully saturated rings. The molecule has 8 aromatic carbocycles. The molecule has 0 amide bonds. The molecule has 3 heteroatoms. The van der Waals surface area contributed by atoms with Gasteiger partial charge in [0.05, 0.1) is 22.4 Å². The number of fused-ring (bicyclic) bond motifs is 12. The van der Waals surface area contributed by atoms with E-state index in [0.717, 1.165) is 40.3 Å². The first-order chi connectivity index (χ1) is 29.0. The third-order valence-corrected chi connectivity index (χ3v) is 12.8. The number of aromatic nitrogens is 3. The highest BCUT2D eigenvalue weighted by atomic mass is 15.0. The molecule has 2 aliphatic rings. The predicted octanol–water partition coefficient (Wildman–Crippen LogP) is 14.6. The molecule has 0 saturated carbocycles. The Bertz CT molecular complexity index is 3410. The number of hydrogen-bond donors (Lipinski definition) is 0. The number of para-hydroxylation sites is 1. The van der Waals surface area contributed by atoms with Crippen molar-refractivity contribution in [3.8, 4) is 33.6 Å². The molecule has 0 spiro atoms. The SMILES string of the molecule is CC1(C)c2cc3c4ccccc4c4ccccc4c3cc2-c2cc3c4ccccc4n(C4=CC=CC(c5nc(-c6ccccc6)cc(-c6ccccc6)n5)=CC4)c3cc21. The summed E-state index contributed by atoms with van der Waals surface area (Å²) < 4.78 is 2.49. The molecule has 3 nitrogen and oxygen atoms in total. The van der Waals surface area contributed by atoms with Crippen LogP contribution in [0.3, 0.4) is 0 Å². The van der Waals surface area contributed by atoms with Gasteiger partial charge in [-0.3, -0.25) is 0 Å². The second-order valence-electron chi connectivity index (χ2n) is 16.5. The second-order valence-corrected chi connectivity index (χ2v) is 16.5. The zero-order chi connectivity index (χ0) is 39.2. The quantitative estimate of drug-likeness (QED) is 0.168. The van der Waals surface area contributed by atoms with Crippen LogP contribution < -0.4 is 0 Å². The molecule has 59 heavy (non-hydrogen) atoms. The first-order valence-electron chi connectivity index (χ1n) is 20.5. The van der Waals surface area contributed by atoms with Gasteiger partial charge in [0, 0.05) is 45.0 Å². The fraction of sp³-hybridized carbons (Fsp3) is 0.0714. The van der Waals surface area contributed by atoms with Crippen molar-refractivity contribution in [2.24, 2.45) is 0 Å². The van der Waals surface area contributed by atoms with Gasteiger partial charge < -0.3 is 4.57 Å². The average Bonchev–Trinajstić information content (AvgIpc) is 3.57. The van der Waals surface area contributed by atoms with E-state index >= 15 is 0 Å². The molecule has 0 bridgehead atoms. The normalized spacial score (nSPS) is 14.5. The van der Waals surface area contributed by atoms with Crippen molar-refractivity contribution in [3.63, 3.8) is 0 Å². The molecule has 278 valence electrons. The molecule has 0 aliphatic heterocycles. The van der Waals surface area contributed by atoms with E-state index in [0.29, 0.717) is 0 Å². The Morgan fingerprint density at radius 3 is 1.61 bits per heavy atom. The lowest BCUT2D eigenvalue weighted by atomic mass is 9.81. The van der Waals surface area contributed by atoms with Gasteiger partial charge >= 0.3 is 0 Å². The summed E-state index contributed by atoms with van der Waals surface area (Å²) in [4.78, 5) is 10.3. The minimum atomic E-state index is -0.191. The molecule has 0 unspecified atom stereocenters. The van der Waals surface area contributed by atoms with Crippen LogP contribution in [0.1, 0.15) is 37.2 Å². The summed E-state index contributed by atoms with van der Waals surface area (Å²) >= 11 is 0. The van der Waals surface area contributed by atoms with Gasteiger partial charge in [-0.15, -0.1) is 0 Å². The third kappa shape index (κ3) is 5.14. The highest BCUT2D eigenvalue weighted by Crippen LogP contribution is 2.53. The Hall–Kier alpha value is -7.36. The van der Waals surface area contributed by atoms with Gasteiger partial charge in [0.15, 0.2) is 5.82 Å². The molecule has 10 aromatic rings. The maximum Gasteiger partial charge on any atom is 0.160 e. The Kier molecular flexibility index (Phi) is 7.34. The fourth-order valence-corrected chi connectivity index (χ4v) is 9.94. The maximum atomic E-state index is 5.15. The molecule has 2 heterocycles. The molecule has 12 rings (SSSR count). The van der Waals surface area contributed by atoms with Crippen molar-refractivity contribution >= 4 is 65.4 Å². The van der Waals surface area contributed by atoms with E-state index in [1.54, 1.807) is 0 Å². The van der Waals surface area contributed by atoms with Gasteiger partial charge in [0.1, 0.15) is 0 Å². The summed E-state index contributed by atoms with van der Waals surface area (Å²) in [6.45, 7) is 4.81. The van der Waals surface area contributed by atoms with Crippen LogP contribution in [-0.2, 0) is 5.41 Å². The fourth-order valence-electron chi connectivity index (χ4n) is 9.94. The predicted molar refractivity (Wildman–Crippen MR) is 248 cm³/mol. The van der Waals surface area contributed by atoms with Crippen molar-refractivity contribution in [1.29, 1.82) is 0 Å². The van der Waals surface area contributed by atoms with Crippen LogP contribution in [-0.4, -0.2) is 14.5 Å². The smallest absolute Gasteiger partial charge is 0.160 e. The topological polar surface area (TPSA) is 30.7 Å². The molecule has 0 saturated heterocycles. The van der Waals surface area contributed by atoms with Crippen LogP contribution >= 0.6 is 0 Å². The first kappa shape index (κ1) is 33.7. The van der Waals surface area contributed by atoms with E-state index in [1.807, 2.05) is 12.1 Å². The van der Waals surface area contributed by atoms with Gasteiger partial charge in [0.2, 0.25) is 0 Å². The van der Waals surface area contributed by atoms with Crippen molar-refractivity contribution < 1.29 is 0 Å². The van der Waals surface area contributed by atoms with Crippen molar-refractivity contribution in [2.75, 3.05) is 0 Å². The number of allylic oxidation sites excluding steroid dienone is 6. The van der Waals surface area contributed by atoms with Gasteiger partial charge in [-0.05, 0) is 97.0 Å². The highest BCUT2D eigenvalue weighted by molar-refractivity contribution is 6.26. The van der Waals surface area contributed by atoms with Crippen LogP contribution in [0.15, 0.2) is 188 Å². The van der Waals surface area contributed by atoms with E-state index in [4.69, 9.17) is 9.97 Å². The largest absolute Gasteiger partial charge is 0.313 e. The van der Waals surface area contributed by atoms with E-state index in [9.17, 15) is 0 Å².